The Balaban J connectivity index is 0.000000491. The summed E-state index contributed by atoms with van der Waals surface area (Å²) in [5.74, 6) is -3.45. The van der Waals surface area contributed by atoms with Crippen LogP contribution >= 0.6 is 0 Å². The van der Waals surface area contributed by atoms with E-state index in [0.717, 1.165) is 12.2 Å². The first-order valence-electron chi connectivity index (χ1n) is 9.53. The zero-order valence-corrected chi connectivity index (χ0v) is 19.5. The summed E-state index contributed by atoms with van der Waals surface area (Å²) >= 11 is 0. The SMILES string of the molecule is CC[O-].CC[O-].O=C1C=C([O-])C(=O)c2ccccc21.O=C1C=C([O-])C(=O)c2ccccc21.[Ti+4]. The summed E-state index contributed by atoms with van der Waals surface area (Å²) in [5.41, 5.74) is 1.04. The molecule has 0 unspecified atom stereocenters. The van der Waals surface area contributed by atoms with Crippen molar-refractivity contribution in [2.45, 2.75) is 13.8 Å². The molecular weight excluding hydrogens is 464 g/mol. The van der Waals surface area contributed by atoms with E-state index in [1.165, 1.54) is 12.1 Å². The molecule has 0 atom stereocenters. The second-order valence-corrected chi connectivity index (χ2v) is 6.07. The maximum atomic E-state index is 11.2. The van der Waals surface area contributed by atoms with Gasteiger partial charge in [0.05, 0.1) is 0 Å². The predicted octanol–water partition coefficient (Wildman–Crippen LogP) is -0.650. The molecule has 0 fully saturated rings. The van der Waals surface area contributed by atoms with Crippen LogP contribution in [0.2, 0.25) is 0 Å². The third-order valence-corrected chi connectivity index (χ3v) is 3.85. The third-order valence-electron chi connectivity index (χ3n) is 3.85. The number of fused-ring (bicyclic) bond motifs is 2. The molecule has 0 aromatic heterocycles. The smallest absolute Gasteiger partial charge is 0.870 e. The summed E-state index contributed by atoms with van der Waals surface area (Å²) in [6.45, 7) is 3.14. The average Bonchev–Trinajstić information content (AvgIpc) is 2.78. The van der Waals surface area contributed by atoms with E-state index in [1.54, 1.807) is 50.2 Å². The topological polar surface area (TPSA) is 161 Å². The van der Waals surface area contributed by atoms with Crippen LogP contribution in [0.4, 0.5) is 0 Å². The standard InChI is InChI=1S/2C10H6O3.2C2H5O.Ti/c2*11-8-5-9(12)10(13)7-4-2-1-3-6(7)8;2*1-2-3;/h2*1-5,12H;2*2H2,1H3;/q;;2*-1;+4/p-2. The number of ketones is 4. The normalized spacial score (nSPS) is 13.1. The summed E-state index contributed by atoms with van der Waals surface area (Å²) in [7, 11) is 0. The largest absolute Gasteiger partial charge is 4.00 e. The first-order chi connectivity index (χ1) is 15.2. The van der Waals surface area contributed by atoms with Crippen molar-refractivity contribution in [2.75, 3.05) is 13.2 Å². The number of Topliss-reactive ketones (excluding diaryl/α,β-unsaturated/α-hetero) is 2. The molecule has 8 nitrogen and oxygen atoms in total. The van der Waals surface area contributed by atoms with Gasteiger partial charge in [0, 0.05) is 22.3 Å². The van der Waals surface area contributed by atoms with Crippen molar-refractivity contribution in [3.63, 3.8) is 0 Å². The van der Waals surface area contributed by atoms with Gasteiger partial charge in [0.15, 0.2) is 23.1 Å². The number of carbonyl (C=O) groups is 4. The van der Waals surface area contributed by atoms with Crippen LogP contribution in [-0.2, 0) is 21.7 Å². The van der Waals surface area contributed by atoms with Crippen LogP contribution in [0.3, 0.4) is 0 Å². The van der Waals surface area contributed by atoms with Gasteiger partial charge in [0.2, 0.25) is 0 Å². The van der Waals surface area contributed by atoms with Crippen LogP contribution < -0.4 is 20.4 Å². The second kappa shape index (κ2) is 14.8. The van der Waals surface area contributed by atoms with Crippen LogP contribution in [0.5, 0.6) is 0 Å². The molecular formula is C24H20O8Ti. The molecule has 2 aromatic rings. The van der Waals surface area contributed by atoms with Crippen molar-refractivity contribution in [3.05, 3.63) is 94.5 Å². The van der Waals surface area contributed by atoms with E-state index < -0.39 is 23.1 Å². The fourth-order valence-electron chi connectivity index (χ4n) is 2.58. The molecule has 2 aliphatic rings. The zero-order valence-electron chi connectivity index (χ0n) is 18.0. The number of carbonyl (C=O) groups excluding carboxylic acids is 4. The third kappa shape index (κ3) is 8.03. The van der Waals surface area contributed by atoms with E-state index in [0.29, 0.717) is 11.1 Å². The van der Waals surface area contributed by atoms with Crippen LogP contribution in [0.25, 0.3) is 0 Å². The average molecular weight is 484 g/mol. The van der Waals surface area contributed by atoms with Crippen molar-refractivity contribution < 1.29 is 61.3 Å². The molecule has 0 spiro atoms. The molecule has 0 aliphatic heterocycles. The van der Waals surface area contributed by atoms with Gasteiger partial charge in [-0.15, -0.1) is 13.2 Å². The van der Waals surface area contributed by atoms with E-state index in [1.807, 2.05) is 0 Å². The van der Waals surface area contributed by atoms with Crippen LogP contribution in [0.15, 0.2) is 72.2 Å². The maximum Gasteiger partial charge on any atom is 4.00 e. The van der Waals surface area contributed by atoms with Gasteiger partial charge in [0.1, 0.15) is 0 Å². The Bertz CT molecular complexity index is 984. The molecule has 0 saturated carbocycles. The minimum absolute atomic E-state index is 0. The second-order valence-electron chi connectivity index (χ2n) is 6.07. The molecule has 4 rings (SSSR count). The van der Waals surface area contributed by atoms with E-state index >= 15 is 0 Å². The van der Waals surface area contributed by atoms with Crippen LogP contribution in [0.1, 0.15) is 55.3 Å². The molecule has 0 saturated heterocycles. The Morgan fingerprint density at radius 2 is 0.818 bits per heavy atom. The van der Waals surface area contributed by atoms with Gasteiger partial charge >= 0.3 is 21.7 Å². The van der Waals surface area contributed by atoms with Gasteiger partial charge in [-0.25, -0.2) is 0 Å². The first kappa shape index (κ1) is 29.8. The number of hydrogen-bond acceptors (Lipinski definition) is 8. The molecule has 168 valence electrons. The van der Waals surface area contributed by atoms with Crippen LogP contribution in [-0.4, -0.2) is 36.3 Å². The fourth-order valence-corrected chi connectivity index (χ4v) is 2.58. The first-order valence-corrected chi connectivity index (χ1v) is 9.53. The minimum atomic E-state index is -0.733. The van der Waals surface area contributed by atoms with Crippen molar-refractivity contribution in [1.82, 2.24) is 0 Å². The zero-order chi connectivity index (χ0) is 24.3. The summed E-state index contributed by atoms with van der Waals surface area (Å²) < 4.78 is 0. The summed E-state index contributed by atoms with van der Waals surface area (Å²) in [5, 5.41) is 39.7. The predicted molar refractivity (Wildman–Crippen MR) is 107 cm³/mol. The Morgan fingerprint density at radius 1 is 0.576 bits per heavy atom. The number of benzene rings is 2. The molecule has 0 radical (unpaired) electrons. The molecule has 0 N–H and O–H groups in total. The van der Waals surface area contributed by atoms with Gasteiger partial charge in [0.25, 0.3) is 0 Å². The van der Waals surface area contributed by atoms with Crippen LogP contribution in [0, 0.1) is 0 Å². The van der Waals surface area contributed by atoms with Crippen molar-refractivity contribution in [3.8, 4) is 0 Å². The quantitative estimate of drug-likeness (QED) is 0.446. The fraction of sp³-hybridized carbons (Fsp3) is 0.167. The molecule has 33 heavy (non-hydrogen) atoms. The molecule has 0 heterocycles. The summed E-state index contributed by atoms with van der Waals surface area (Å²) in [6, 6.07) is 12.6. The van der Waals surface area contributed by atoms with E-state index in [4.69, 9.17) is 10.2 Å². The Morgan fingerprint density at radius 3 is 1.09 bits per heavy atom. The molecule has 0 bridgehead atoms. The monoisotopic (exact) mass is 484 g/mol. The van der Waals surface area contributed by atoms with Gasteiger partial charge in [-0.3, -0.25) is 19.2 Å². The maximum absolute atomic E-state index is 11.2. The Kier molecular flexibility index (Phi) is 13.4. The Hall–Kier alpha value is -3.17. The summed E-state index contributed by atoms with van der Waals surface area (Å²) in [6.07, 6.45) is 1.68. The number of hydrogen-bond donors (Lipinski definition) is 0. The molecule has 2 aliphatic carbocycles. The van der Waals surface area contributed by atoms with E-state index in [9.17, 15) is 29.4 Å². The van der Waals surface area contributed by atoms with Gasteiger partial charge in [-0.2, -0.15) is 0 Å². The van der Waals surface area contributed by atoms with Gasteiger partial charge < -0.3 is 20.4 Å². The molecule has 2 aromatic carbocycles. The van der Waals surface area contributed by atoms with Gasteiger partial charge in [-0.1, -0.05) is 73.9 Å². The van der Waals surface area contributed by atoms with Gasteiger partial charge in [-0.05, 0) is 12.2 Å². The summed E-state index contributed by atoms with van der Waals surface area (Å²) in [4.78, 5) is 44.9. The number of rotatable bonds is 0. The molecule has 0 amide bonds. The van der Waals surface area contributed by atoms with Crippen molar-refractivity contribution in [2.24, 2.45) is 0 Å². The number of allylic oxidation sites excluding steroid dienone is 4. The molecule has 9 heteroatoms. The van der Waals surface area contributed by atoms with E-state index in [2.05, 4.69) is 0 Å². The van der Waals surface area contributed by atoms with E-state index in [-0.39, 0.29) is 57.6 Å². The Labute approximate surface area is 205 Å². The minimum Gasteiger partial charge on any atom is -0.870 e. The van der Waals surface area contributed by atoms with Crippen molar-refractivity contribution >= 4 is 23.1 Å². The van der Waals surface area contributed by atoms with Crippen molar-refractivity contribution in [1.29, 1.82) is 0 Å².